The second-order valence-electron chi connectivity index (χ2n) is 2.99. The fraction of sp³-hybridized carbons (Fsp3) is 0.545. The molecule has 96 valence electrons. The summed E-state index contributed by atoms with van der Waals surface area (Å²) in [5.41, 5.74) is -0.334. The fourth-order valence-electron chi connectivity index (χ4n) is 0.902. The van der Waals surface area contributed by atoms with Crippen LogP contribution in [0.2, 0.25) is 0 Å². The van der Waals surface area contributed by atoms with Crippen molar-refractivity contribution in [1.82, 2.24) is 0 Å². The molecule has 0 radical (unpaired) electrons. The number of hydrogen-bond acceptors (Lipinski definition) is 6. The summed E-state index contributed by atoms with van der Waals surface area (Å²) in [7, 11) is 1.45. The minimum absolute atomic E-state index is 0.0166. The molecule has 0 heterocycles. The van der Waals surface area contributed by atoms with Crippen molar-refractivity contribution in [2.45, 2.75) is 13.8 Å². The van der Waals surface area contributed by atoms with Crippen LogP contribution in [-0.2, 0) is 28.6 Å². The Balaban J connectivity index is 4.57. The van der Waals surface area contributed by atoms with Crippen LogP contribution < -0.4 is 0 Å². The molecule has 6 nitrogen and oxygen atoms in total. The van der Waals surface area contributed by atoms with Crippen molar-refractivity contribution >= 4 is 17.7 Å². The van der Waals surface area contributed by atoms with Gasteiger partial charge in [-0.05, 0) is 13.8 Å². The van der Waals surface area contributed by atoms with Crippen LogP contribution in [-0.4, -0.2) is 44.7 Å². The number of hydrogen-bond donors (Lipinski definition) is 0. The van der Waals surface area contributed by atoms with Crippen LogP contribution in [0, 0.1) is 0 Å². The second-order valence-corrected chi connectivity index (χ2v) is 2.99. The number of ether oxygens (including phenoxy) is 3. The normalized spacial score (nSPS) is 10.9. The zero-order valence-electron chi connectivity index (χ0n) is 10.1. The Hall–Kier alpha value is -1.69. The highest BCUT2D eigenvalue weighted by Gasteiger charge is 2.18. The van der Waals surface area contributed by atoms with Gasteiger partial charge in [0.2, 0.25) is 0 Å². The van der Waals surface area contributed by atoms with Gasteiger partial charge in [-0.2, -0.15) is 0 Å². The van der Waals surface area contributed by atoms with Crippen LogP contribution in [0.25, 0.3) is 0 Å². The molecule has 0 amide bonds. The number of ketones is 1. The van der Waals surface area contributed by atoms with Crippen LogP contribution in [0.3, 0.4) is 0 Å². The Morgan fingerprint density at radius 3 is 2.24 bits per heavy atom. The number of carbonyl (C=O) groups excluding carboxylic acids is 3. The van der Waals surface area contributed by atoms with Gasteiger partial charge in [-0.3, -0.25) is 4.79 Å². The Labute approximate surface area is 99.5 Å². The molecule has 0 saturated heterocycles. The molecule has 0 aromatic rings. The van der Waals surface area contributed by atoms with Crippen LogP contribution in [0.15, 0.2) is 11.6 Å². The summed E-state index contributed by atoms with van der Waals surface area (Å²) in [6.07, 6.45) is 0.834. The van der Waals surface area contributed by atoms with Crippen molar-refractivity contribution in [3.05, 3.63) is 11.6 Å². The standard InChI is InChI=1S/C11H16O6/c1-4-16-10(13)7-9(8(2)12)11(14)17-6-5-15-3/h7H,4-6H2,1-3H3/b9-7+. The van der Waals surface area contributed by atoms with E-state index in [1.54, 1.807) is 6.92 Å². The molecule has 0 bridgehead atoms. The van der Waals surface area contributed by atoms with E-state index in [9.17, 15) is 14.4 Å². The van der Waals surface area contributed by atoms with Crippen molar-refractivity contribution < 1.29 is 28.6 Å². The summed E-state index contributed by atoms with van der Waals surface area (Å²) >= 11 is 0. The molecule has 0 aliphatic carbocycles. The number of Topliss-reactive ketones (excluding diaryl/α,β-unsaturated/α-hetero) is 1. The molecule has 6 heteroatoms. The third kappa shape index (κ3) is 6.47. The molecule has 0 rings (SSSR count). The van der Waals surface area contributed by atoms with Crippen molar-refractivity contribution in [1.29, 1.82) is 0 Å². The van der Waals surface area contributed by atoms with Gasteiger partial charge in [0, 0.05) is 13.2 Å². The Bertz CT molecular complexity index is 318. The van der Waals surface area contributed by atoms with E-state index in [-0.39, 0.29) is 25.4 Å². The lowest BCUT2D eigenvalue weighted by Gasteiger charge is -2.05. The topological polar surface area (TPSA) is 78.9 Å². The van der Waals surface area contributed by atoms with Crippen molar-refractivity contribution in [3.63, 3.8) is 0 Å². The predicted octanol–water partition coefficient (Wildman–Crippen LogP) is 0.254. The van der Waals surface area contributed by atoms with E-state index in [0.29, 0.717) is 0 Å². The maximum absolute atomic E-state index is 11.4. The first kappa shape index (κ1) is 15.3. The average Bonchev–Trinajstić information content (AvgIpc) is 2.26. The minimum atomic E-state index is -0.859. The summed E-state index contributed by atoms with van der Waals surface area (Å²) in [5, 5.41) is 0. The van der Waals surface area contributed by atoms with Gasteiger partial charge in [-0.1, -0.05) is 0 Å². The number of methoxy groups -OCH3 is 1. The molecule has 0 aromatic heterocycles. The SMILES string of the molecule is CCOC(=O)/C=C(\C(C)=O)C(=O)OCCOC. The molecule has 0 aromatic carbocycles. The van der Waals surface area contributed by atoms with Gasteiger partial charge in [-0.15, -0.1) is 0 Å². The first-order valence-corrected chi connectivity index (χ1v) is 5.08. The quantitative estimate of drug-likeness (QED) is 0.210. The van der Waals surface area contributed by atoms with E-state index >= 15 is 0 Å². The van der Waals surface area contributed by atoms with E-state index in [2.05, 4.69) is 9.47 Å². The van der Waals surface area contributed by atoms with Gasteiger partial charge in [-0.25, -0.2) is 9.59 Å². The van der Waals surface area contributed by atoms with Gasteiger partial charge in [0.05, 0.1) is 13.2 Å². The largest absolute Gasteiger partial charge is 0.463 e. The van der Waals surface area contributed by atoms with Crippen LogP contribution >= 0.6 is 0 Å². The zero-order chi connectivity index (χ0) is 13.3. The molecule has 17 heavy (non-hydrogen) atoms. The van der Waals surface area contributed by atoms with Crippen LogP contribution in [0.5, 0.6) is 0 Å². The van der Waals surface area contributed by atoms with Crippen molar-refractivity contribution in [2.75, 3.05) is 26.9 Å². The van der Waals surface area contributed by atoms with Crippen LogP contribution in [0.1, 0.15) is 13.8 Å². The van der Waals surface area contributed by atoms with Gasteiger partial charge >= 0.3 is 11.9 Å². The van der Waals surface area contributed by atoms with Gasteiger partial charge in [0.1, 0.15) is 12.2 Å². The molecule has 0 aliphatic heterocycles. The zero-order valence-corrected chi connectivity index (χ0v) is 10.1. The summed E-state index contributed by atoms with van der Waals surface area (Å²) < 4.78 is 14.0. The van der Waals surface area contributed by atoms with Crippen molar-refractivity contribution in [2.24, 2.45) is 0 Å². The second kappa shape index (κ2) is 8.46. The summed E-state index contributed by atoms with van der Waals surface area (Å²) in [4.78, 5) is 33.7. The van der Waals surface area contributed by atoms with E-state index in [1.165, 1.54) is 14.0 Å². The summed E-state index contributed by atoms with van der Waals surface area (Å²) in [6.45, 7) is 3.19. The van der Waals surface area contributed by atoms with E-state index < -0.39 is 17.7 Å². The molecule has 0 unspecified atom stereocenters. The van der Waals surface area contributed by atoms with Crippen molar-refractivity contribution in [3.8, 4) is 0 Å². The maximum atomic E-state index is 11.4. The number of carbonyl (C=O) groups is 3. The Kier molecular flexibility index (Phi) is 7.62. The fourth-order valence-corrected chi connectivity index (χ4v) is 0.902. The third-order valence-electron chi connectivity index (χ3n) is 1.67. The number of esters is 2. The lowest BCUT2D eigenvalue weighted by atomic mass is 10.2. The minimum Gasteiger partial charge on any atom is -0.463 e. The maximum Gasteiger partial charge on any atom is 0.342 e. The summed E-state index contributed by atoms with van der Waals surface area (Å²) in [6, 6.07) is 0. The molecule has 0 aliphatic rings. The number of rotatable bonds is 7. The Morgan fingerprint density at radius 2 is 1.76 bits per heavy atom. The lowest BCUT2D eigenvalue weighted by molar-refractivity contribution is -0.143. The monoisotopic (exact) mass is 244 g/mol. The van der Waals surface area contributed by atoms with E-state index in [1.807, 2.05) is 0 Å². The first-order valence-electron chi connectivity index (χ1n) is 5.08. The molecular formula is C11H16O6. The first-order chi connectivity index (χ1) is 8.02. The van der Waals surface area contributed by atoms with Gasteiger partial charge < -0.3 is 14.2 Å². The molecule has 0 atom stereocenters. The highest BCUT2D eigenvalue weighted by Crippen LogP contribution is 2.01. The van der Waals surface area contributed by atoms with E-state index in [0.717, 1.165) is 6.08 Å². The molecule has 0 fully saturated rings. The van der Waals surface area contributed by atoms with E-state index in [4.69, 9.17) is 4.74 Å². The predicted molar refractivity (Wildman–Crippen MR) is 58.2 cm³/mol. The highest BCUT2D eigenvalue weighted by molar-refractivity contribution is 6.19. The van der Waals surface area contributed by atoms with Crippen LogP contribution in [0.4, 0.5) is 0 Å². The molecule has 0 spiro atoms. The third-order valence-corrected chi connectivity index (χ3v) is 1.67. The smallest absolute Gasteiger partial charge is 0.342 e. The molecule has 0 N–H and O–H groups in total. The van der Waals surface area contributed by atoms with Gasteiger partial charge in [0.15, 0.2) is 5.78 Å². The summed E-state index contributed by atoms with van der Waals surface area (Å²) in [5.74, 6) is -2.16. The highest BCUT2D eigenvalue weighted by atomic mass is 16.6. The molecular weight excluding hydrogens is 228 g/mol. The van der Waals surface area contributed by atoms with Gasteiger partial charge in [0.25, 0.3) is 0 Å². The Morgan fingerprint density at radius 1 is 1.12 bits per heavy atom. The lowest BCUT2D eigenvalue weighted by Crippen LogP contribution is -2.18. The molecule has 0 saturated carbocycles. The average molecular weight is 244 g/mol.